The number of aryl methyl sites for hydroxylation is 2. The molecule has 0 aliphatic heterocycles. The number of nitrogens with one attached hydrogen (secondary N) is 1. The minimum atomic E-state index is -0.453. The summed E-state index contributed by atoms with van der Waals surface area (Å²) in [5.41, 5.74) is 2.09. The Morgan fingerprint density at radius 2 is 1.94 bits per heavy atom. The lowest BCUT2D eigenvalue weighted by Gasteiger charge is -2.08. The van der Waals surface area contributed by atoms with Crippen LogP contribution in [0.3, 0.4) is 0 Å². The van der Waals surface area contributed by atoms with E-state index in [1.54, 1.807) is 6.92 Å². The van der Waals surface area contributed by atoms with Crippen molar-refractivity contribution in [2.75, 3.05) is 11.9 Å². The molecule has 1 amide bonds. The number of ether oxygens (including phenoxy) is 1. The molecule has 1 aromatic carbocycles. The smallest absolute Gasteiger partial charge is 0.348 e. The Balaban J connectivity index is 1.74. The van der Waals surface area contributed by atoms with Gasteiger partial charge in [0.1, 0.15) is 16.3 Å². The van der Waals surface area contributed by atoms with Crippen LogP contribution in [0.25, 0.3) is 10.2 Å². The number of esters is 1. The number of amides is 1. The zero-order valence-electron chi connectivity index (χ0n) is 18.9. The molecule has 0 bridgehead atoms. The van der Waals surface area contributed by atoms with Crippen molar-refractivity contribution in [3.8, 4) is 0 Å². The van der Waals surface area contributed by atoms with Gasteiger partial charge in [0.25, 0.3) is 5.56 Å². The third kappa shape index (κ3) is 5.62. The second kappa shape index (κ2) is 10.5. The van der Waals surface area contributed by atoms with Crippen molar-refractivity contribution in [1.82, 2.24) is 9.55 Å². The van der Waals surface area contributed by atoms with E-state index < -0.39 is 5.97 Å². The van der Waals surface area contributed by atoms with Gasteiger partial charge < -0.3 is 10.1 Å². The molecule has 32 heavy (non-hydrogen) atoms. The number of hydrogen-bond acceptors (Lipinski definition) is 6. The van der Waals surface area contributed by atoms with Crippen molar-refractivity contribution in [2.24, 2.45) is 5.92 Å². The lowest BCUT2D eigenvalue weighted by Crippen LogP contribution is -2.27. The van der Waals surface area contributed by atoms with E-state index in [0.29, 0.717) is 33.0 Å². The van der Waals surface area contributed by atoms with Gasteiger partial charge in [-0.15, -0.1) is 11.3 Å². The number of unbranched alkanes of at least 4 members (excludes halogenated alkanes) is 1. The average molecular weight is 456 g/mol. The molecule has 0 saturated carbocycles. The SMILES string of the molecule is CCCCc1ccc(NC(=O)Cn2cnc3sc(C(=O)OCC(C)C)c(C)c3c2=O)cc1. The van der Waals surface area contributed by atoms with E-state index in [0.717, 1.165) is 30.6 Å². The van der Waals surface area contributed by atoms with Gasteiger partial charge >= 0.3 is 5.97 Å². The quantitative estimate of drug-likeness (QED) is 0.478. The number of carbonyl (C=O) groups excluding carboxylic acids is 2. The van der Waals surface area contributed by atoms with Gasteiger partial charge in [-0.05, 0) is 48.9 Å². The number of benzene rings is 1. The largest absolute Gasteiger partial charge is 0.461 e. The molecule has 170 valence electrons. The Labute approximate surface area is 191 Å². The Bertz CT molecular complexity index is 1160. The van der Waals surface area contributed by atoms with Crippen molar-refractivity contribution in [2.45, 2.75) is 53.5 Å². The molecule has 7 nitrogen and oxygen atoms in total. The number of hydrogen-bond donors (Lipinski definition) is 1. The van der Waals surface area contributed by atoms with Gasteiger partial charge in [-0.1, -0.05) is 39.3 Å². The van der Waals surface area contributed by atoms with E-state index in [2.05, 4.69) is 17.2 Å². The van der Waals surface area contributed by atoms with E-state index >= 15 is 0 Å². The normalized spacial score (nSPS) is 11.2. The summed E-state index contributed by atoms with van der Waals surface area (Å²) in [5, 5.41) is 3.17. The molecule has 0 spiro atoms. The van der Waals surface area contributed by atoms with E-state index in [1.165, 1.54) is 16.5 Å². The molecule has 8 heteroatoms. The van der Waals surface area contributed by atoms with Crippen molar-refractivity contribution in [3.05, 3.63) is 57.0 Å². The van der Waals surface area contributed by atoms with Crippen molar-refractivity contribution in [3.63, 3.8) is 0 Å². The van der Waals surface area contributed by atoms with Gasteiger partial charge in [0, 0.05) is 5.69 Å². The second-order valence-corrected chi connectivity index (χ2v) is 9.25. The highest BCUT2D eigenvalue weighted by Gasteiger charge is 2.21. The summed E-state index contributed by atoms with van der Waals surface area (Å²) in [4.78, 5) is 43.0. The molecule has 3 aromatic rings. The molecule has 1 N–H and O–H groups in total. The van der Waals surface area contributed by atoms with Crippen LogP contribution in [0.4, 0.5) is 5.69 Å². The van der Waals surface area contributed by atoms with E-state index in [4.69, 9.17) is 4.74 Å². The van der Waals surface area contributed by atoms with Crippen LogP contribution in [0.1, 0.15) is 54.4 Å². The molecule has 0 fully saturated rings. The van der Waals surface area contributed by atoms with Crippen LogP contribution in [0, 0.1) is 12.8 Å². The number of aromatic nitrogens is 2. The summed E-state index contributed by atoms with van der Waals surface area (Å²) in [5.74, 6) is -0.556. The first-order valence-corrected chi connectivity index (χ1v) is 11.7. The summed E-state index contributed by atoms with van der Waals surface area (Å²) in [6.07, 6.45) is 4.62. The number of nitrogens with zero attached hydrogens (tertiary/aromatic N) is 2. The third-order valence-electron chi connectivity index (χ3n) is 5.02. The standard InChI is InChI=1S/C24H29N3O4S/c1-5-6-7-17-8-10-18(11-9-17)26-19(28)12-27-14-25-22-20(23(27)29)16(4)21(32-22)24(30)31-13-15(2)3/h8-11,14-15H,5-7,12-13H2,1-4H3,(H,26,28). The molecule has 0 saturated heterocycles. The molecule has 0 unspecified atom stereocenters. The molecular weight excluding hydrogens is 426 g/mol. The predicted octanol–water partition coefficient (Wildman–Crippen LogP) is 4.56. The van der Waals surface area contributed by atoms with Crippen molar-refractivity contribution < 1.29 is 14.3 Å². The van der Waals surface area contributed by atoms with Crippen LogP contribution in [0.5, 0.6) is 0 Å². The summed E-state index contributed by atoms with van der Waals surface area (Å²) in [6.45, 7) is 7.91. The van der Waals surface area contributed by atoms with Gasteiger partial charge in [-0.25, -0.2) is 9.78 Å². The first kappa shape index (κ1) is 23.7. The highest BCUT2D eigenvalue weighted by molar-refractivity contribution is 7.20. The number of rotatable bonds is 9. The summed E-state index contributed by atoms with van der Waals surface area (Å²) in [7, 11) is 0. The molecule has 2 aromatic heterocycles. The maximum Gasteiger partial charge on any atom is 0.348 e. The van der Waals surface area contributed by atoms with Crippen LogP contribution in [0.15, 0.2) is 35.4 Å². The van der Waals surface area contributed by atoms with Crippen LogP contribution < -0.4 is 10.9 Å². The third-order valence-corrected chi connectivity index (χ3v) is 6.20. The Hall–Kier alpha value is -3.00. The molecule has 0 radical (unpaired) electrons. The topological polar surface area (TPSA) is 90.3 Å². The zero-order valence-corrected chi connectivity index (χ0v) is 19.8. The van der Waals surface area contributed by atoms with Gasteiger partial charge in [-0.3, -0.25) is 14.2 Å². The first-order valence-electron chi connectivity index (χ1n) is 10.8. The highest BCUT2D eigenvalue weighted by Crippen LogP contribution is 2.27. The lowest BCUT2D eigenvalue weighted by atomic mass is 10.1. The van der Waals surface area contributed by atoms with Crippen molar-refractivity contribution >= 4 is 39.1 Å². The van der Waals surface area contributed by atoms with E-state index in [-0.39, 0.29) is 23.9 Å². The minimum Gasteiger partial charge on any atom is -0.461 e. The van der Waals surface area contributed by atoms with E-state index in [9.17, 15) is 14.4 Å². The molecular formula is C24H29N3O4S. The second-order valence-electron chi connectivity index (χ2n) is 8.25. The maximum atomic E-state index is 13.0. The van der Waals surface area contributed by atoms with Crippen molar-refractivity contribution in [1.29, 1.82) is 0 Å². The first-order chi connectivity index (χ1) is 15.3. The van der Waals surface area contributed by atoms with Gasteiger partial charge in [-0.2, -0.15) is 0 Å². The minimum absolute atomic E-state index is 0.165. The number of anilines is 1. The fraction of sp³-hybridized carbons (Fsp3) is 0.417. The lowest BCUT2D eigenvalue weighted by molar-refractivity contribution is -0.116. The van der Waals surface area contributed by atoms with Gasteiger partial charge in [0.05, 0.1) is 18.3 Å². The molecule has 3 rings (SSSR count). The number of fused-ring (bicyclic) bond motifs is 1. The van der Waals surface area contributed by atoms with Gasteiger partial charge in [0.2, 0.25) is 5.91 Å². The fourth-order valence-electron chi connectivity index (χ4n) is 3.27. The van der Waals surface area contributed by atoms with Crippen LogP contribution in [0.2, 0.25) is 0 Å². The predicted molar refractivity (Wildman–Crippen MR) is 127 cm³/mol. The Morgan fingerprint density at radius 1 is 1.22 bits per heavy atom. The zero-order chi connectivity index (χ0) is 23.3. The Morgan fingerprint density at radius 3 is 2.59 bits per heavy atom. The summed E-state index contributed by atoms with van der Waals surface area (Å²) >= 11 is 1.14. The summed E-state index contributed by atoms with van der Waals surface area (Å²) < 4.78 is 6.56. The molecule has 2 heterocycles. The van der Waals surface area contributed by atoms with Gasteiger partial charge in [0.15, 0.2) is 0 Å². The number of carbonyl (C=O) groups is 2. The molecule has 0 aliphatic carbocycles. The van der Waals surface area contributed by atoms with Crippen LogP contribution in [-0.2, 0) is 22.5 Å². The molecule has 0 aliphatic rings. The maximum absolute atomic E-state index is 13.0. The van der Waals surface area contributed by atoms with Crippen LogP contribution >= 0.6 is 11.3 Å². The fourth-order valence-corrected chi connectivity index (χ4v) is 4.30. The van der Waals surface area contributed by atoms with Crippen LogP contribution in [-0.4, -0.2) is 28.0 Å². The number of thiophene rings is 1. The highest BCUT2D eigenvalue weighted by atomic mass is 32.1. The average Bonchev–Trinajstić information content (AvgIpc) is 3.10. The Kier molecular flexibility index (Phi) is 7.80. The molecule has 0 atom stereocenters. The summed E-state index contributed by atoms with van der Waals surface area (Å²) in [6, 6.07) is 7.73. The van der Waals surface area contributed by atoms with E-state index in [1.807, 2.05) is 38.1 Å². The monoisotopic (exact) mass is 455 g/mol.